The molecule has 0 spiro atoms. The van der Waals surface area contributed by atoms with Gasteiger partial charge >= 0.3 is 5.97 Å². The Morgan fingerprint density at radius 1 is 1.23 bits per heavy atom. The number of ether oxygens (including phenoxy) is 3. The van der Waals surface area contributed by atoms with Crippen molar-refractivity contribution in [2.75, 3.05) is 19.5 Å². The van der Waals surface area contributed by atoms with E-state index in [1.807, 2.05) is 0 Å². The molecule has 1 N–H and O–H groups in total. The molecule has 0 unspecified atom stereocenters. The first-order valence-electron chi connectivity index (χ1n) is 7.68. The highest BCUT2D eigenvalue weighted by molar-refractivity contribution is 9.10. The molecule has 9 heteroatoms. The van der Waals surface area contributed by atoms with E-state index in [1.54, 1.807) is 25.1 Å². The van der Waals surface area contributed by atoms with E-state index in [0.717, 1.165) is 0 Å². The molecule has 1 aromatic carbocycles. The Morgan fingerprint density at radius 3 is 2.46 bits per heavy atom. The van der Waals surface area contributed by atoms with Crippen molar-refractivity contribution >= 4 is 33.6 Å². The Morgan fingerprint density at radius 2 is 1.88 bits per heavy atom. The Bertz CT molecular complexity index is 805. The third kappa shape index (κ3) is 4.98. The van der Waals surface area contributed by atoms with E-state index < -0.39 is 18.0 Å². The van der Waals surface area contributed by atoms with Gasteiger partial charge in [0.05, 0.1) is 20.6 Å². The summed E-state index contributed by atoms with van der Waals surface area (Å²) in [5.74, 6) is 0.786. The fourth-order valence-corrected chi connectivity index (χ4v) is 2.60. The second kappa shape index (κ2) is 8.70. The molecule has 0 radical (unpaired) electrons. The molecule has 140 valence electrons. The largest absolute Gasteiger partial charge is 0.493 e. The quantitative estimate of drug-likeness (QED) is 0.679. The minimum atomic E-state index is -0.988. The van der Waals surface area contributed by atoms with Gasteiger partial charge in [0.25, 0.3) is 5.91 Å². The van der Waals surface area contributed by atoms with Crippen LogP contribution in [0.25, 0.3) is 0 Å². The molecule has 1 atom stereocenters. The van der Waals surface area contributed by atoms with Gasteiger partial charge in [-0.15, -0.1) is 0 Å². The highest BCUT2D eigenvalue weighted by Crippen LogP contribution is 2.33. The normalized spacial score (nSPS) is 11.6. The summed E-state index contributed by atoms with van der Waals surface area (Å²) in [5.41, 5.74) is 0.646. The van der Waals surface area contributed by atoms with Gasteiger partial charge in [-0.1, -0.05) is 21.1 Å². The van der Waals surface area contributed by atoms with Crippen molar-refractivity contribution in [1.82, 2.24) is 5.16 Å². The minimum absolute atomic E-state index is 0.0401. The van der Waals surface area contributed by atoms with Gasteiger partial charge in [-0.05, 0) is 31.5 Å². The van der Waals surface area contributed by atoms with Crippen LogP contribution in [0.2, 0.25) is 0 Å². The molecular weight excluding hydrogens is 408 g/mol. The lowest BCUT2D eigenvalue weighted by atomic mass is 10.1. The molecule has 1 aromatic heterocycles. The number of rotatable bonds is 7. The Kier molecular flexibility index (Phi) is 6.62. The third-order valence-corrected chi connectivity index (χ3v) is 4.18. The summed E-state index contributed by atoms with van der Waals surface area (Å²) >= 11 is 3.38. The van der Waals surface area contributed by atoms with Crippen LogP contribution in [0.4, 0.5) is 5.82 Å². The zero-order valence-electron chi connectivity index (χ0n) is 14.8. The number of carbonyl (C=O) groups is 2. The molecule has 2 rings (SSSR count). The summed E-state index contributed by atoms with van der Waals surface area (Å²) in [6.45, 7) is 3.18. The topological polar surface area (TPSA) is 99.9 Å². The number of halogens is 1. The first kappa shape index (κ1) is 19.8. The number of nitrogens with zero attached hydrogens (tertiary/aromatic N) is 1. The van der Waals surface area contributed by atoms with Crippen LogP contribution in [0.5, 0.6) is 11.5 Å². The van der Waals surface area contributed by atoms with E-state index in [0.29, 0.717) is 27.3 Å². The smallest absolute Gasteiger partial charge is 0.311 e. The lowest BCUT2D eigenvalue weighted by Gasteiger charge is -2.14. The summed E-state index contributed by atoms with van der Waals surface area (Å²) in [5, 5.41) is 6.16. The average molecular weight is 427 g/mol. The van der Waals surface area contributed by atoms with Crippen LogP contribution in [0.15, 0.2) is 27.2 Å². The summed E-state index contributed by atoms with van der Waals surface area (Å²) in [6.07, 6.45) is -1.03. The molecule has 0 aliphatic heterocycles. The maximum absolute atomic E-state index is 12.2. The van der Waals surface area contributed by atoms with Crippen molar-refractivity contribution in [3.8, 4) is 11.5 Å². The fraction of sp³-hybridized carbons (Fsp3) is 0.353. The molecule has 0 fully saturated rings. The molecule has 0 bridgehead atoms. The number of anilines is 1. The van der Waals surface area contributed by atoms with Crippen LogP contribution in [0, 0.1) is 6.92 Å². The number of nitrogens with one attached hydrogen (secondary N) is 1. The van der Waals surface area contributed by atoms with Crippen LogP contribution in [-0.4, -0.2) is 37.4 Å². The zero-order valence-corrected chi connectivity index (χ0v) is 16.4. The van der Waals surface area contributed by atoms with Gasteiger partial charge in [0.15, 0.2) is 23.4 Å². The summed E-state index contributed by atoms with van der Waals surface area (Å²) in [4.78, 5) is 24.2. The summed E-state index contributed by atoms with van der Waals surface area (Å²) < 4.78 is 21.1. The molecule has 26 heavy (non-hydrogen) atoms. The van der Waals surface area contributed by atoms with E-state index in [-0.39, 0.29) is 12.2 Å². The number of hydrogen-bond donors (Lipinski definition) is 1. The van der Waals surface area contributed by atoms with E-state index in [9.17, 15) is 9.59 Å². The fourth-order valence-electron chi connectivity index (χ4n) is 2.13. The van der Waals surface area contributed by atoms with Gasteiger partial charge in [0, 0.05) is 10.5 Å². The molecule has 2 aromatic rings. The van der Waals surface area contributed by atoms with Gasteiger partial charge in [0.1, 0.15) is 5.76 Å². The van der Waals surface area contributed by atoms with Gasteiger partial charge in [-0.25, -0.2) is 0 Å². The number of carbonyl (C=O) groups excluding carboxylic acids is 2. The van der Waals surface area contributed by atoms with E-state index in [1.165, 1.54) is 21.1 Å². The molecule has 0 saturated heterocycles. The maximum Gasteiger partial charge on any atom is 0.311 e. The van der Waals surface area contributed by atoms with Crippen LogP contribution >= 0.6 is 15.9 Å². The van der Waals surface area contributed by atoms with Gasteiger partial charge in [-0.2, -0.15) is 0 Å². The number of aromatic nitrogens is 1. The summed E-state index contributed by atoms with van der Waals surface area (Å²) in [6, 6.07) is 4.94. The third-order valence-electron chi connectivity index (χ3n) is 3.44. The van der Waals surface area contributed by atoms with Gasteiger partial charge in [-0.3, -0.25) is 9.59 Å². The number of amides is 1. The van der Waals surface area contributed by atoms with Crippen LogP contribution in [0.1, 0.15) is 18.2 Å². The summed E-state index contributed by atoms with van der Waals surface area (Å²) in [7, 11) is 3.03. The van der Waals surface area contributed by atoms with Crippen LogP contribution in [-0.2, 0) is 20.7 Å². The standard InChI is InChI=1S/C17H19BrN2O6/c1-9-5-15(20-26-9)19-17(22)10(2)25-16(21)7-11-6-13(23-3)14(24-4)8-12(11)18/h5-6,8,10H,7H2,1-4H3,(H,19,20,22)/t10-/m1/s1. The highest BCUT2D eigenvalue weighted by Gasteiger charge is 2.20. The van der Waals surface area contributed by atoms with E-state index in [4.69, 9.17) is 18.7 Å². The Labute approximate surface area is 158 Å². The molecule has 0 saturated carbocycles. The number of benzene rings is 1. The number of hydrogen-bond acceptors (Lipinski definition) is 7. The lowest BCUT2D eigenvalue weighted by Crippen LogP contribution is -2.30. The van der Waals surface area contributed by atoms with Crippen molar-refractivity contribution in [2.24, 2.45) is 0 Å². The predicted octanol–water partition coefficient (Wildman–Crippen LogP) is 2.88. The van der Waals surface area contributed by atoms with Gasteiger partial charge < -0.3 is 24.1 Å². The van der Waals surface area contributed by atoms with Crippen molar-refractivity contribution in [2.45, 2.75) is 26.4 Å². The number of methoxy groups -OCH3 is 2. The van der Waals surface area contributed by atoms with Crippen molar-refractivity contribution in [1.29, 1.82) is 0 Å². The predicted molar refractivity (Wildman–Crippen MR) is 96.4 cm³/mol. The average Bonchev–Trinajstić information content (AvgIpc) is 3.00. The van der Waals surface area contributed by atoms with Crippen LogP contribution < -0.4 is 14.8 Å². The van der Waals surface area contributed by atoms with Gasteiger partial charge in [0.2, 0.25) is 0 Å². The van der Waals surface area contributed by atoms with Crippen molar-refractivity contribution in [3.05, 3.63) is 34.0 Å². The van der Waals surface area contributed by atoms with Crippen LogP contribution in [0.3, 0.4) is 0 Å². The molecule has 8 nitrogen and oxygen atoms in total. The second-order valence-electron chi connectivity index (χ2n) is 5.42. The molecule has 1 amide bonds. The molecule has 0 aliphatic rings. The van der Waals surface area contributed by atoms with Crippen molar-refractivity contribution in [3.63, 3.8) is 0 Å². The number of esters is 1. The van der Waals surface area contributed by atoms with E-state index >= 15 is 0 Å². The zero-order chi connectivity index (χ0) is 19.3. The number of aryl methyl sites for hydroxylation is 1. The maximum atomic E-state index is 12.2. The minimum Gasteiger partial charge on any atom is -0.493 e. The second-order valence-corrected chi connectivity index (χ2v) is 6.27. The molecule has 1 heterocycles. The first-order valence-corrected chi connectivity index (χ1v) is 8.47. The SMILES string of the molecule is COc1cc(Br)c(CC(=O)O[C@H](C)C(=O)Nc2cc(C)on2)cc1OC. The van der Waals surface area contributed by atoms with E-state index in [2.05, 4.69) is 26.4 Å². The lowest BCUT2D eigenvalue weighted by molar-refractivity contribution is -0.152. The highest BCUT2D eigenvalue weighted by atomic mass is 79.9. The molecule has 0 aliphatic carbocycles. The Balaban J connectivity index is 1.98. The first-order chi connectivity index (χ1) is 12.3. The molecular formula is C17H19BrN2O6. The van der Waals surface area contributed by atoms with Crippen molar-refractivity contribution < 1.29 is 28.3 Å². The Hall–Kier alpha value is -2.55. The monoisotopic (exact) mass is 426 g/mol.